The molecule has 1 rings (SSSR count). The molecule has 2 nitrogen and oxygen atoms in total. The fourth-order valence-corrected chi connectivity index (χ4v) is 2.72. The van der Waals surface area contributed by atoms with Crippen molar-refractivity contribution in [3.63, 3.8) is 0 Å². The van der Waals surface area contributed by atoms with Gasteiger partial charge in [0.05, 0.1) is 0 Å². The lowest BCUT2D eigenvalue weighted by Crippen LogP contribution is -2.63. The second-order valence-electron chi connectivity index (χ2n) is 6.14. The average molecular weight is 240 g/mol. The van der Waals surface area contributed by atoms with Crippen LogP contribution in [0.3, 0.4) is 0 Å². The van der Waals surface area contributed by atoms with E-state index in [1.807, 2.05) is 0 Å². The monoisotopic (exact) mass is 240 g/mol. The third-order valence-electron chi connectivity index (χ3n) is 4.60. The quantitative estimate of drug-likeness (QED) is 0.766. The van der Waals surface area contributed by atoms with Crippen LogP contribution in [-0.4, -0.2) is 36.1 Å². The van der Waals surface area contributed by atoms with Crippen molar-refractivity contribution in [1.82, 2.24) is 10.2 Å². The first-order valence-corrected chi connectivity index (χ1v) is 7.54. The first kappa shape index (κ1) is 15.0. The maximum atomic E-state index is 3.74. The maximum Gasteiger partial charge on any atom is 0.0304 e. The number of hydrogen-bond acceptors (Lipinski definition) is 2. The van der Waals surface area contributed by atoms with E-state index in [9.17, 15) is 0 Å². The van der Waals surface area contributed by atoms with Gasteiger partial charge in [0.15, 0.2) is 0 Å². The van der Waals surface area contributed by atoms with Crippen LogP contribution in [0.25, 0.3) is 0 Å². The molecule has 3 atom stereocenters. The lowest BCUT2D eigenvalue weighted by molar-refractivity contribution is 0.0345. The summed E-state index contributed by atoms with van der Waals surface area (Å²) in [7, 11) is 0. The molecule has 2 heteroatoms. The summed E-state index contributed by atoms with van der Waals surface area (Å²) in [4.78, 5) is 2.75. The van der Waals surface area contributed by atoms with Crippen LogP contribution in [0.5, 0.6) is 0 Å². The highest BCUT2D eigenvalue weighted by molar-refractivity contribution is 4.95. The smallest absolute Gasteiger partial charge is 0.0304 e. The summed E-state index contributed by atoms with van der Waals surface area (Å²) in [6.07, 6.45) is 5.14. The Morgan fingerprint density at radius 1 is 1.35 bits per heavy atom. The number of nitrogens with zero attached hydrogens (tertiary/aromatic N) is 1. The van der Waals surface area contributed by atoms with Crippen molar-refractivity contribution in [3.05, 3.63) is 0 Å². The van der Waals surface area contributed by atoms with E-state index < -0.39 is 0 Å². The maximum absolute atomic E-state index is 3.74. The van der Waals surface area contributed by atoms with Crippen LogP contribution in [0, 0.1) is 5.92 Å². The van der Waals surface area contributed by atoms with E-state index >= 15 is 0 Å². The van der Waals surface area contributed by atoms with Crippen molar-refractivity contribution in [2.75, 3.05) is 19.6 Å². The topological polar surface area (TPSA) is 15.3 Å². The molecule has 1 heterocycles. The Kier molecular flexibility index (Phi) is 5.94. The van der Waals surface area contributed by atoms with Gasteiger partial charge in [0, 0.05) is 31.2 Å². The first-order chi connectivity index (χ1) is 8.05. The fourth-order valence-electron chi connectivity index (χ4n) is 2.72. The number of nitrogens with one attached hydrogen (secondary N) is 1. The van der Waals surface area contributed by atoms with Crippen LogP contribution >= 0.6 is 0 Å². The highest BCUT2D eigenvalue weighted by atomic mass is 15.3. The van der Waals surface area contributed by atoms with Crippen molar-refractivity contribution >= 4 is 0 Å². The second-order valence-corrected chi connectivity index (χ2v) is 6.14. The summed E-state index contributed by atoms with van der Waals surface area (Å²) in [6, 6.07) is 0.712. The highest BCUT2D eigenvalue weighted by Crippen LogP contribution is 2.25. The molecule has 17 heavy (non-hydrogen) atoms. The van der Waals surface area contributed by atoms with Crippen molar-refractivity contribution in [2.45, 2.75) is 71.9 Å². The van der Waals surface area contributed by atoms with Crippen LogP contribution in [0.15, 0.2) is 0 Å². The molecule has 0 amide bonds. The summed E-state index contributed by atoms with van der Waals surface area (Å²) < 4.78 is 0. The van der Waals surface area contributed by atoms with E-state index in [0.717, 1.165) is 12.5 Å². The molecule has 1 aliphatic heterocycles. The Morgan fingerprint density at radius 3 is 2.59 bits per heavy atom. The standard InChI is InChI=1S/C15H32N2/c1-6-9-14-11-17(10-13(4)7-2)15(5,8-3)12-16-14/h13-14,16H,6-12H2,1-5H3. The van der Waals surface area contributed by atoms with Crippen LogP contribution in [0.2, 0.25) is 0 Å². The van der Waals surface area contributed by atoms with Crippen LogP contribution in [-0.2, 0) is 0 Å². The zero-order valence-electron chi connectivity index (χ0n) is 12.6. The fraction of sp³-hybridized carbons (Fsp3) is 1.00. The van der Waals surface area contributed by atoms with E-state index in [1.54, 1.807) is 0 Å². The van der Waals surface area contributed by atoms with Gasteiger partial charge in [0.1, 0.15) is 0 Å². The van der Waals surface area contributed by atoms with E-state index in [2.05, 4.69) is 44.8 Å². The molecule has 1 fully saturated rings. The van der Waals surface area contributed by atoms with Crippen molar-refractivity contribution < 1.29 is 0 Å². The molecule has 0 aliphatic carbocycles. The molecule has 0 aromatic rings. The molecular weight excluding hydrogens is 208 g/mol. The minimum atomic E-state index is 0.369. The lowest BCUT2D eigenvalue weighted by atomic mass is 9.89. The third-order valence-corrected chi connectivity index (χ3v) is 4.60. The van der Waals surface area contributed by atoms with Crippen LogP contribution < -0.4 is 5.32 Å². The first-order valence-electron chi connectivity index (χ1n) is 7.54. The Morgan fingerprint density at radius 2 is 2.06 bits per heavy atom. The normalized spacial score (nSPS) is 32.6. The number of rotatable bonds is 6. The molecule has 0 bridgehead atoms. The van der Waals surface area contributed by atoms with Crippen molar-refractivity contribution in [1.29, 1.82) is 0 Å². The molecule has 102 valence electrons. The zero-order chi connectivity index (χ0) is 12.9. The van der Waals surface area contributed by atoms with Crippen molar-refractivity contribution in [2.24, 2.45) is 5.92 Å². The van der Waals surface area contributed by atoms with Crippen LogP contribution in [0.1, 0.15) is 60.3 Å². The van der Waals surface area contributed by atoms with E-state index in [1.165, 1.54) is 38.8 Å². The molecule has 0 saturated carbocycles. The third kappa shape index (κ3) is 3.96. The minimum Gasteiger partial charge on any atom is -0.311 e. The molecule has 0 aromatic carbocycles. The second kappa shape index (κ2) is 6.75. The van der Waals surface area contributed by atoms with Gasteiger partial charge < -0.3 is 5.32 Å². The van der Waals surface area contributed by atoms with E-state index in [-0.39, 0.29) is 0 Å². The molecular formula is C15H32N2. The van der Waals surface area contributed by atoms with Gasteiger partial charge in [-0.15, -0.1) is 0 Å². The molecule has 0 spiro atoms. The molecule has 1 aliphatic rings. The van der Waals surface area contributed by atoms with Crippen molar-refractivity contribution in [3.8, 4) is 0 Å². The van der Waals surface area contributed by atoms with Gasteiger partial charge in [-0.05, 0) is 25.7 Å². The summed E-state index contributed by atoms with van der Waals surface area (Å²) >= 11 is 0. The highest BCUT2D eigenvalue weighted by Gasteiger charge is 2.36. The summed E-state index contributed by atoms with van der Waals surface area (Å²) in [6.45, 7) is 15.4. The van der Waals surface area contributed by atoms with E-state index in [0.29, 0.717) is 11.6 Å². The Balaban J connectivity index is 2.62. The van der Waals surface area contributed by atoms with Crippen LogP contribution in [0.4, 0.5) is 0 Å². The predicted octanol–water partition coefficient (Wildman–Crippen LogP) is 3.28. The van der Waals surface area contributed by atoms with Gasteiger partial charge in [-0.25, -0.2) is 0 Å². The van der Waals surface area contributed by atoms with Gasteiger partial charge in [-0.1, -0.05) is 40.5 Å². The Hall–Kier alpha value is -0.0800. The summed E-state index contributed by atoms with van der Waals surface area (Å²) in [5, 5.41) is 3.74. The summed E-state index contributed by atoms with van der Waals surface area (Å²) in [5.41, 5.74) is 0.369. The molecule has 0 aromatic heterocycles. The van der Waals surface area contributed by atoms with Gasteiger partial charge in [0.25, 0.3) is 0 Å². The Bertz CT molecular complexity index is 217. The molecule has 3 unspecified atom stereocenters. The van der Waals surface area contributed by atoms with E-state index in [4.69, 9.17) is 0 Å². The lowest BCUT2D eigenvalue weighted by Gasteiger charge is -2.49. The SMILES string of the molecule is CCCC1CN(CC(C)CC)C(C)(CC)CN1. The molecule has 0 radical (unpaired) electrons. The van der Waals surface area contributed by atoms with Gasteiger partial charge in [-0.2, -0.15) is 0 Å². The average Bonchev–Trinajstić information content (AvgIpc) is 2.33. The zero-order valence-corrected chi connectivity index (χ0v) is 12.6. The number of piperazine rings is 1. The molecule has 1 saturated heterocycles. The predicted molar refractivity (Wildman–Crippen MR) is 76.4 cm³/mol. The van der Waals surface area contributed by atoms with Gasteiger partial charge in [0.2, 0.25) is 0 Å². The summed E-state index contributed by atoms with van der Waals surface area (Å²) in [5.74, 6) is 0.821. The molecule has 1 N–H and O–H groups in total. The van der Waals surface area contributed by atoms with Gasteiger partial charge >= 0.3 is 0 Å². The Labute approximate surface area is 108 Å². The largest absolute Gasteiger partial charge is 0.311 e. The van der Waals surface area contributed by atoms with Gasteiger partial charge in [-0.3, -0.25) is 4.90 Å². The minimum absolute atomic E-state index is 0.369. The number of hydrogen-bond donors (Lipinski definition) is 1.